The fourth-order valence-corrected chi connectivity index (χ4v) is 8.50. The molecule has 4 heterocycles. The summed E-state index contributed by atoms with van der Waals surface area (Å²) in [6.45, 7) is 13.9. The standard InChI is InChI=1S/C38H59BN8O6/c1-8-31-38(6)34(47(36(50)53-38)15-10-9-14-46-22-30(44-45-46)27-12-11-13-28(40)17-27)25(4)41-19-23(2)18-37(5,51-7)33(39)24(3)32(48)29(35(49)52-31)16-26-20-42-43-21-26/h11-13,17,20-25,29,31,33-34,36,41,50H,8-10,14-16,18-19,39-40H2,1-7H3,(H,42,43)/t23-,24+,25-,29-,31-,33-,34-,36?,37-,38-/m1/s1. The number of aromatic nitrogens is 5. The van der Waals surface area contributed by atoms with E-state index in [1.165, 1.54) is 0 Å². The van der Waals surface area contributed by atoms with Gasteiger partial charge in [0.05, 0.1) is 24.0 Å². The molecule has 14 nitrogen and oxygen atoms in total. The smallest absolute Gasteiger partial charge is 0.317 e. The number of rotatable bonds is 10. The fraction of sp³-hybridized carbons (Fsp3) is 0.658. The molecule has 0 radical (unpaired) electrons. The lowest BCUT2D eigenvalue weighted by Crippen LogP contribution is -2.61. The van der Waals surface area contributed by atoms with Gasteiger partial charge in [-0.25, -0.2) is 4.90 Å². The van der Waals surface area contributed by atoms with Gasteiger partial charge in [0.25, 0.3) is 0 Å². The van der Waals surface area contributed by atoms with Crippen molar-refractivity contribution in [3.8, 4) is 11.3 Å². The number of cyclic esters (lactones) is 1. The molecule has 0 amide bonds. The van der Waals surface area contributed by atoms with Gasteiger partial charge in [-0.05, 0) is 88.9 Å². The number of nitrogens with one attached hydrogen (secondary N) is 2. The van der Waals surface area contributed by atoms with Crippen LogP contribution in [0.4, 0.5) is 5.69 Å². The van der Waals surface area contributed by atoms with Crippen molar-refractivity contribution in [2.75, 3.05) is 25.9 Å². The Bertz CT molecular complexity index is 1660. The molecule has 2 aromatic heterocycles. The number of anilines is 1. The van der Waals surface area contributed by atoms with Crippen molar-refractivity contribution < 1.29 is 28.9 Å². The summed E-state index contributed by atoms with van der Waals surface area (Å²) in [4.78, 5) is 30.5. The van der Waals surface area contributed by atoms with Crippen LogP contribution in [0.5, 0.6) is 0 Å². The van der Waals surface area contributed by atoms with E-state index in [9.17, 15) is 14.7 Å². The van der Waals surface area contributed by atoms with Crippen LogP contribution < -0.4 is 11.1 Å². The molecule has 0 spiro atoms. The highest BCUT2D eigenvalue weighted by Crippen LogP contribution is 2.41. The number of hydrogen-bond donors (Lipinski definition) is 4. The third-order valence-electron chi connectivity index (χ3n) is 11.9. The van der Waals surface area contributed by atoms with Crippen LogP contribution in [0.2, 0.25) is 5.82 Å². The summed E-state index contributed by atoms with van der Waals surface area (Å²) in [7, 11) is 3.72. The third-order valence-corrected chi connectivity index (χ3v) is 11.9. The van der Waals surface area contributed by atoms with Gasteiger partial charge in [0, 0.05) is 49.6 Å². The van der Waals surface area contributed by atoms with E-state index in [0.29, 0.717) is 38.2 Å². The van der Waals surface area contributed by atoms with Crippen LogP contribution in [0.15, 0.2) is 42.9 Å². The minimum Gasteiger partial charge on any atom is -0.459 e. The number of carbonyl (C=O) groups is 2. The molecule has 5 rings (SSSR count). The van der Waals surface area contributed by atoms with Gasteiger partial charge in [0.2, 0.25) is 6.41 Å². The van der Waals surface area contributed by atoms with Crippen molar-refractivity contribution >= 4 is 25.3 Å². The molecule has 0 aliphatic carbocycles. The van der Waals surface area contributed by atoms with Crippen LogP contribution in [0, 0.1) is 17.8 Å². The molecule has 0 bridgehead atoms. The first kappa shape index (κ1) is 40.6. The number of nitrogen functional groups attached to an aromatic ring is 1. The molecule has 3 aromatic rings. The summed E-state index contributed by atoms with van der Waals surface area (Å²) in [6, 6.07) is 7.02. The Hall–Kier alpha value is -3.63. The van der Waals surface area contributed by atoms with Gasteiger partial charge in [-0.3, -0.25) is 19.4 Å². The second kappa shape index (κ2) is 17.2. The Morgan fingerprint density at radius 2 is 1.92 bits per heavy atom. The van der Waals surface area contributed by atoms with E-state index in [2.05, 4.69) is 39.7 Å². The van der Waals surface area contributed by atoms with E-state index in [4.69, 9.17) is 19.9 Å². The maximum absolute atomic E-state index is 14.3. The van der Waals surface area contributed by atoms with Gasteiger partial charge in [-0.15, -0.1) is 5.10 Å². The number of aryl methyl sites for hydroxylation is 1. The molecule has 1 unspecified atom stereocenters. The van der Waals surface area contributed by atoms with Gasteiger partial charge < -0.3 is 30.4 Å². The zero-order valence-electron chi connectivity index (χ0n) is 32.6. The quantitative estimate of drug-likeness (QED) is 0.0787. The number of carbonyl (C=O) groups excluding carboxylic acids is 2. The Balaban J connectivity index is 1.39. The predicted molar refractivity (Wildman–Crippen MR) is 204 cm³/mol. The van der Waals surface area contributed by atoms with Crippen molar-refractivity contribution in [2.24, 2.45) is 17.8 Å². The van der Waals surface area contributed by atoms with Crippen molar-refractivity contribution in [2.45, 2.75) is 122 Å². The number of H-pyrrole nitrogens is 1. The number of aromatic amines is 1. The average Bonchev–Trinajstić information content (AvgIpc) is 3.89. The second-order valence-corrected chi connectivity index (χ2v) is 15.7. The van der Waals surface area contributed by atoms with Crippen LogP contribution in [0.3, 0.4) is 0 Å². The number of methoxy groups -OCH3 is 1. The number of benzene rings is 1. The fourth-order valence-electron chi connectivity index (χ4n) is 8.50. The lowest BCUT2D eigenvalue weighted by atomic mass is 9.62. The topological polar surface area (TPSA) is 183 Å². The number of esters is 1. The van der Waals surface area contributed by atoms with E-state index >= 15 is 0 Å². The Kier molecular flexibility index (Phi) is 13.2. The van der Waals surface area contributed by atoms with Gasteiger partial charge in [0.15, 0.2) is 0 Å². The summed E-state index contributed by atoms with van der Waals surface area (Å²) in [6.07, 6.45) is 6.06. The summed E-state index contributed by atoms with van der Waals surface area (Å²) in [5.41, 5.74) is 7.31. The summed E-state index contributed by atoms with van der Waals surface area (Å²) in [5.74, 6) is -2.34. The first-order chi connectivity index (χ1) is 25.2. The average molecular weight is 735 g/mol. The first-order valence-corrected chi connectivity index (χ1v) is 19.1. The molecule has 290 valence electrons. The maximum Gasteiger partial charge on any atom is 0.317 e. The number of nitrogens with zero attached hydrogens (tertiary/aromatic N) is 5. The number of ketones is 1. The van der Waals surface area contributed by atoms with Crippen molar-refractivity contribution in [3.05, 3.63) is 48.4 Å². The van der Waals surface area contributed by atoms with E-state index in [0.717, 1.165) is 29.7 Å². The highest BCUT2D eigenvalue weighted by molar-refractivity contribution is 6.15. The van der Waals surface area contributed by atoms with E-state index in [1.54, 1.807) is 19.5 Å². The number of ether oxygens (including phenoxy) is 3. The van der Waals surface area contributed by atoms with Gasteiger partial charge >= 0.3 is 5.97 Å². The molecule has 2 fully saturated rings. The van der Waals surface area contributed by atoms with Crippen LogP contribution in [-0.4, -0.2) is 111 Å². The molecule has 2 aliphatic heterocycles. The minimum absolute atomic E-state index is 0.155. The Morgan fingerprint density at radius 3 is 2.60 bits per heavy atom. The molecule has 10 atom stereocenters. The number of Topliss-reactive ketones (excluding diaryl/α,β-unsaturated/α-hetero) is 1. The molecular formula is C38H59BN8O6. The number of unbranched alkanes of at least 4 members (excludes halogenated alkanes) is 1. The highest BCUT2D eigenvalue weighted by Gasteiger charge is 2.57. The van der Waals surface area contributed by atoms with Gasteiger partial charge in [0.1, 0.15) is 36.9 Å². The molecule has 53 heavy (non-hydrogen) atoms. The van der Waals surface area contributed by atoms with Crippen molar-refractivity contribution in [3.63, 3.8) is 0 Å². The number of nitrogens with two attached hydrogens (primary N) is 1. The first-order valence-electron chi connectivity index (χ1n) is 19.1. The number of aliphatic hydroxyl groups excluding tert-OH is 1. The van der Waals surface area contributed by atoms with Gasteiger partial charge in [-0.1, -0.05) is 38.1 Å². The molecule has 15 heteroatoms. The van der Waals surface area contributed by atoms with E-state index < -0.39 is 41.5 Å². The molecule has 2 aliphatic rings. The number of fused-ring (bicyclic) bond motifs is 1. The minimum atomic E-state index is -1.22. The Morgan fingerprint density at radius 1 is 1.17 bits per heavy atom. The molecular weight excluding hydrogens is 675 g/mol. The maximum atomic E-state index is 14.3. The molecule has 0 saturated carbocycles. The zero-order valence-corrected chi connectivity index (χ0v) is 32.6. The summed E-state index contributed by atoms with van der Waals surface area (Å²) in [5, 5.41) is 30.7. The second-order valence-electron chi connectivity index (χ2n) is 15.7. The van der Waals surface area contributed by atoms with Crippen molar-refractivity contribution in [1.29, 1.82) is 0 Å². The van der Waals surface area contributed by atoms with Crippen LogP contribution in [-0.2, 0) is 36.8 Å². The molecule has 1 aromatic carbocycles. The zero-order chi connectivity index (χ0) is 38.5. The third kappa shape index (κ3) is 9.02. The van der Waals surface area contributed by atoms with E-state index in [-0.39, 0.29) is 36.0 Å². The highest BCUT2D eigenvalue weighted by atomic mass is 16.7. The number of hydrogen-bond acceptors (Lipinski definition) is 12. The number of aliphatic hydroxyl groups is 1. The largest absolute Gasteiger partial charge is 0.459 e. The Labute approximate surface area is 314 Å². The SMILES string of the molecule is B[C@@H]1[C@@H](C)C(=O)[C@@H](Cc2cn[nH]c2)C(=O)O[C@H](CC)[C@@]2(C)OC(O)N(CCCCn3cc(-c4cccc(N)c4)nn3)[C@@H]2[C@@H](C)NC[C@H](C)C[C@@]1(C)OC. The van der Waals surface area contributed by atoms with Crippen molar-refractivity contribution in [1.82, 2.24) is 35.4 Å². The molecule has 5 N–H and O–H groups in total. The van der Waals surface area contributed by atoms with Crippen LogP contribution in [0.25, 0.3) is 11.3 Å². The molecule has 2 saturated heterocycles. The van der Waals surface area contributed by atoms with Crippen LogP contribution in [0.1, 0.15) is 72.8 Å². The van der Waals surface area contributed by atoms with Gasteiger partial charge in [-0.2, -0.15) is 5.10 Å². The van der Waals surface area contributed by atoms with Crippen LogP contribution >= 0.6 is 0 Å². The lowest BCUT2D eigenvalue weighted by molar-refractivity contribution is -0.207. The summed E-state index contributed by atoms with van der Waals surface area (Å²) < 4.78 is 20.7. The normalized spacial score (nSPS) is 33.6. The lowest BCUT2D eigenvalue weighted by Gasteiger charge is -2.42. The predicted octanol–water partition coefficient (Wildman–Crippen LogP) is 3.00. The van der Waals surface area contributed by atoms with E-state index in [1.807, 2.05) is 75.6 Å². The summed E-state index contributed by atoms with van der Waals surface area (Å²) >= 11 is 0. The monoisotopic (exact) mass is 734 g/mol.